The van der Waals surface area contributed by atoms with E-state index in [0.29, 0.717) is 6.10 Å². The van der Waals surface area contributed by atoms with E-state index in [4.69, 9.17) is 9.47 Å². The smallest absolute Gasteiger partial charge is 0.123 e. The van der Waals surface area contributed by atoms with Crippen molar-refractivity contribution in [3.63, 3.8) is 0 Å². The molecule has 1 saturated heterocycles. The molecule has 0 saturated carbocycles. The molecule has 4 nitrogen and oxygen atoms in total. The van der Waals surface area contributed by atoms with Crippen LogP contribution in [0.3, 0.4) is 0 Å². The van der Waals surface area contributed by atoms with Gasteiger partial charge in [0, 0.05) is 37.1 Å². The molecule has 1 aromatic rings. The predicted octanol–water partition coefficient (Wildman–Crippen LogP) is 1.67. The molecule has 5 heteroatoms. The lowest BCUT2D eigenvalue weighted by atomic mass is 10.1. The van der Waals surface area contributed by atoms with E-state index < -0.39 is 0 Å². The first-order chi connectivity index (χ1) is 9.70. The lowest BCUT2D eigenvalue weighted by molar-refractivity contribution is 0.00532. The zero-order chi connectivity index (χ0) is 13.9. The van der Waals surface area contributed by atoms with E-state index in [0.717, 1.165) is 49.4 Å². The number of benzene rings is 1. The van der Waals surface area contributed by atoms with Crippen LogP contribution in [0.4, 0.5) is 0 Å². The van der Waals surface area contributed by atoms with Crippen molar-refractivity contribution in [1.29, 1.82) is 0 Å². The second-order valence-electron chi connectivity index (χ2n) is 5.61. The first kappa shape index (κ1) is 14.3. The van der Waals surface area contributed by atoms with Crippen molar-refractivity contribution in [3.8, 4) is 5.75 Å². The van der Waals surface area contributed by atoms with Gasteiger partial charge >= 0.3 is 0 Å². The van der Waals surface area contributed by atoms with Crippen LogP contribution in [0.15, 0.2) is 22.7 Å². The molecule has 2 heterocycles. The Morgan fingerprint density at radius 3 is 3.00 bits per heavy atom. The van der Waals surface area contributed by atoms with Crippen LogP contribution in [0.2, 0.25) is 0 Å². The molecule has 0 radical (unpaired) electrons. The van der Waals surface area contributed by atoms with Crippen molar-refractivity contribution in [2.75, 3.05) is 39.8 Å². The summed E-state index contributed by atoms with van der Waals surface area (Å²) in [6, 6.07) is 6.24. The number of rotatable bonds is 4. The topological polar surface area (TPSA) is 33.7 Å². The minimum absolute atomic E-state index is 0.251. The lowest BCUT2D eigenvalue weighted by Gasteiger charge is -2.29. The number of likely N-dealkylation sites (N-methyl/N-ethyl adjacent to an activating group) is 1. The summed E-state index contributed by atoms with van der Waals surface area (Å²) in [6.07, 6.45) is 1.54. The van der Waals surface area contributed by atoms with Crippen LogP contribution in [-0.2, 0) is 11.2 Å². The summed E-state index contributed by atoms with van der Waals surface area (Å²) in [6.45, 7) is 4.62. The third kappa shape index (κ3) is 3.52. The summed E-state index contributed by atoms with van der Waals surface area (Å²) in [5.41, 5.74) is 1.30. The standard InChI is InChI=1S/C15H21BrN2O2/c1-18(10-14-8-17-4-5-19-14)9-13-7-11-6-12(16)2-3-15(11)20-13/h2-3,6,13-14,17H,4-5,7-10H2,1H3. The number of halogens is 1. The van der Waals surface area contributed by atoms with E-state index in [-0.39, 0.29) is 6.10 Å². The summed E-state index contributed by atoms with van der Waals surface area (Å²) >= 11 is 3.51. The molecule has 1 aromatic carbocycles. The number of hydrogen-bond acceptors (Lipinski definition) is 4. The predicted molar refractivity (Wildman–Crippen MR) is 82.4 cm³/mol. The summed E-state index contributed by atoms with van der Waals surface area (Å²) in [7, 11) is 2.14. The highest BCUT2D eigenvalue weighted by Gasteiger charge is 2.25. The molecule has 1 N–H and O–H groups in total. The Labute approximate surface area is 128 Å². The van der Waals surface area contributed by atoms with Crippen LogP contribution < -0.4 is 10.1 Å². The molecule has 110 valence electrons. The van der Waals surface area contributed by atoms with Crippen LogP contribution in [0.5, 0.6) is 5.75 Å². The quantitative estimate of drug-likeness (QED) is 0.904. The maximum absolute atomic E-state index is 6.00. The largest absolute Gasteiger partial charge is 0.488 e. The van der Waals surface area contributed by atoms with Crippen molar-refractivity contribution in [2.24, 2.45) is 0 Å². The molecule has 0 aromatic heterocycles. The molecule has 0 aliphatic carbocycles. The van der Waals surface area contributed by atoms with E-state index in [2.05, 4.69) is 39.3 Å². The van der Waals surface area contributed by atoms with Gasteiger partial charge < -0.3 is 19.7 Å². The van der Waals surface area contributed by atoms with Gasteiger partial charge in [0.2, 0.25) is 0 Å². The normalized spacial score (nSPS) is 25.6. The van der Waals surface area contributed by atoms with Crippen LogP contribution in [-0.4, -0.2) is 56.9 Å². The molecular weight excluding hydrogens is 320 g/mol. The Morgan fingerprint density at radius 2 is 2.20 bits per heavy atom. The van der Waals surface area contributed by atoms with Gasteiger partial charge in [-0.2, -0.15) is 0 Å². The first-order valence-corrected chi connectivity index (χ1v) is 7.96. The summed E-state index contributed by atoms with van der Waals surface area (Å²) in [5, 5.41) is 3.37. The number of fused-ring (bicyclic) bond motifs is 1. The van der Waals surface area contributed by atoms with Crippen molar-refractivity contribution < 1.29 is 9.47 Å². The Morgan fingerprint density at radius 1 is 1.35 bits per heavy atom. The maximum Gasteiger partial charge on any atom is 0.123 e. The lowest BCUT2D eigenvalue weighted by Crippen LogP contribution is -2.46. The van der Waals surface area contributed by atoms with E-state index in [1.54, 1.807) is 0 Å². The number of hydrogen-bond donors (Lipinski definition) is 1. The highest BCUT2D eigenvalue weighted by Crippen LogP contribution is 2.31. The van der Waals surface area contributed by atoms with Crippen LogP contribution >= 0.6 is 15.9 Å². The van der Waals surface area contributed by atoms with Gasteiger partial charge in [0.1, 0.15) is 11.9 Å². The third-order valence-corrected chi connectivity index (χ3v) is 4.29. The third-order valence-electron chi connectivity index (χ3n) is 3.80. The molecule has 0 amide bonds. The Bertz CT molecular complexity index is 463. The van der Waals surface area contributed by atoms with Gasteiger partial charge in [-0.05, 0) is 30.8 Å². The van der Waals surface area contributed by atoms with Crippen molar-refractivity contribution in [3.05, 3.63) is 28.2 Å². The van der Waals surface area contributed by atoms with Gasteiger partial charge in [-0.1, -0.05) is 15.9 Å². The molecule has 2 aliphatic heterocycles. The average molecular weight is 341 g/mol. The number of nitrogens with zero attached hydrogens (tertiary/aromatic N) is 1. The minimum atomic E-state index is 0.251. The molecule has 2 unspecified atom stereocenters. The van der Waals surface area contributed by atoms with E-state index in [1.165, 1.54) is 5.56 Å². The van der Waals surface area contributed by atoms with Gasteiger partial charge in [0.15, 0.2) is 0 Å². The van der Waals surface area contributed by atoms with E-state index in [1.807, 2.05) is 12.1 Å². The molecule has 0 spiro atoms. The molecule has 1 fully saturated rings. The minimum Gasteiger partial charge on any atom is -0.488 e. The number of ether oxygens (including phenoxy) is 2. The first-order valence-electron chi connectivity index (χ1n) is 7.16. The van der Waals surface area contributed by atoms with Crippen LogP contribution in [0.25, 0.3) is 0 Å². The van der Waals surface area contributed by atoms with Gasteiger partial charge in [0.05, 0.1) is 12.7 Å². The molecule has 0 bridgehead atoms. The molecule has 2 atom stereocenters. The summed E-state index contributed by atoms with van der Waals surface area (Å²) in [5.74, 6) is 1.03. The molecule has 20 heavy (non-hydrogen) atoms. The monoisotopic (exact) mass is 340 g/mol. The summed E-state index contributed by atoms with van der Waals surface area (Å²) in [4.78, 5) is 2.31. The zero-order valence-corrected chi connectivity index (χ0v) is 13.4. The van der Waals surface area contributed by atoms with Gasteiger partial charge in [-0.15, -0.1) is 0 Å². The van der Waals surface area contributed by atoms with E-state index in [9.17, 15) is 0 Å². The van der Waals surface area contributed by atoms with Crippen LogP contribution in [0, 0.1) is 0 Å². The number of nitrogens with one attached hydrogen (secondary N) is 1. The zero-order valence-electron chi connectivity index (χ0n) is 11.8. The van der Waals surface area contributed by atoms with E-state index >= 15 is 0 Å². The number of morpholine rings is 1. The second-order valence-corrected chi connectivity index (χ2v) is 6.53. The molecular formula is C15H21BrN2O2. The van der Waals surface area contributed by atoms with Crippen molar-refractivity contribution in [2.45, 2.75) is 18.6 Å². The van der Waals surface area contributed by atoms with Gasteiger partial charge in [0.25, 0.3) is 0 Å². The second kappa shape index (κ2) is 6.43. The molecule has 3 rings (SSSR count). The SMILES string of the molecule is CN(CC1CNCCO1)CC1Cc2cc(Br)ccc2O1. The van der Waals surface area contributed by atoms with Crippen molar-refractivity contribution in [1.82, 2.24) is 10.2 Å². The van der Waals surface area contributed by atoms with Gasteiger partial charge in [-0.25, -0.2) is 0 Å². The maximum atomic E-state index is 6.00. The fourth-order valence-electron chi connectivity index (χ4n) is 2.90. The summed E-state index contributed by atoms with van der Waals surface area (Å²) < 4.78 is 12.9. The fourth-order valence-corrected chi connectivity index (χ4v) is 3.31. The fraction of sp³-hybridized carbons (Fsp3) is 0.600. The molecule has 2 aliphatic rings. The Kier molecular flexibility index (Phi) is 4.61. The highest BCUT2D eigenvalue weighted by molar-refractivity contribution is 9.10. The van der Waals surface area contributed by atoms with Crippen LogP contribution in [0.1, 0.15) is 5.56 Å². The Balaban J connectivity index is 1.49. The van der Waals surface area contributed by atoms with Gasteiger partial charge in [-0.3, -0.25) is 0 Å². The Hall–Kier alpha value is -0.620. The average Bonchev–Trinajstić information content (AvgIpc) is 2.80. The highest BCUT2D eigenvalue weighted by atomic mass is 79.9. The van der Waals surface area contributed by atoms with Crippen molar-refractivity contribution >= 4 is 15.9 Å².